The summed E-state index contributed by atoms with van der Waals surface area (Å²) >= 11 is 0. The number of hydrogen-bond acceptors (Lipinski definition) is 2. The fraction of sp³-hybridized carbons (Fsp3) is 0.500. The standard InChI is InChI=1S/C24H33N3O2/c1-16-10-9-11-17(2)23(16)25-22(28)15-26(5)24(29)21-14-18(3)27(19(21)4)20-12-7-6-8-13-20/h9-11,14,20H,6-8,12-13,15H2,1-5H3,(H,25,28). The molecule has 1 saturated carbocycles. The number of carbonyl (C=O) groups is 2. The van der Waals surface area contributed by atoms with Crippen LogP contribution in [-0.4, -0.2) is 34.9 Å². The minimum Gasteiger partial charge on any atom is -0.345 e. The molecule has 156 valence electrons. The zero-order valence-corrected chi connectivity index (χ0v) is 18.3. The number of nitrogens with zero attached hydrogens (tertiary/aromatic N) is 2. The number of nitrogens with one attached hydrogen (secondary N) is 1. The Hall–Kier alpha value is -2.56. The lowest BCUT2D eigenvalue weighted by molar-refractivity contribution is -0.116. The largest absolute Gasteiger partial charge is 0.345 e. The van der Waals surface area contributed by atoms with Gasteiger partial charge in [0.15, 0.2) is 0 Å². The van der Waals surface area contributed by atoms with Crippen LogP contribution in [0, 0.1) is 27.7 Å². The highest BCUT2D eigenvalue weighted by Gasteiger charge is 2.25. The molecule has 2 amide bonds. The van der Waals surface area contributed by atoms with Crippen LogP contribution < -0.4 is 5.32 Å². The van der Waals surface area contributed by atoms with Gasteiger partial charge in [-0.05, 0) is 57.7 Å². The van der Waals surface area contributed by atoms with Crippen molar-refractivity contribution >= 4 is 17.5 Å². The molecule has 1 aromatic heterocycles. The molecule has 1 aliphatic rings. The van der Waals surface area contributed by atoms with Crippen molar-refractivity contribution in [1.29, 1.82) is 0 Å². The fourth-order valence-electron chi connectivity index (χ4n) is 4.58. The third-order valence-electron chi connectivity index (χ3n) is 6.13. The van der Waals surface area contributed by atoms with Gasteiger partial charge in [-0.1, -0.05) is 37.5 Å². The highest BCUT2D eigenvalue weighted by atomic mass is 16.2. The zero-order valence-electron chi connectivity index (χ0n) is 18.3. The van der Waals surface area contributed by atoms with E-state index in [1.807, 2.05) is 45.0 Å². The minimum atomic E-state index is -0.181. The molecular formula is C24H33N3O2. The Kier molecular flexibility index (Phi) is 6.46. The van der Waals surface area contributed by atoms with Gasteiger partial charge in [0.2, 0.25) is 5.91 Å². The summed E-state index contributed by atoms with van der Waals surface area (Å²) in [7, 11) is 1.69. The van der Waals surface area contributed by atoms with E-state index in [1.54, 1.807) is 7.05 Å². The SMILES string of the molecule is Cc1cccc(C)c1NC(=O)CN(C)C(=O)c1cc(C)n(C2CCCCC2)c1C. The lowest BCUT2D eigenvalue weighted by Crippen LogP contribution is -2.35. The maximum Gasteiger partial charge on any atom is 0.255 e. The summed E-state index contributed by atoms with van der Waals surface area (Å²) in [6.07, 6.45) is 6.17. The van der Waals surface area contributed by atoms with Gasteiger partial charge in [0.25, 0.3) is 5.91 Å². The molecule has 1 fully saturated rings. The molecule has 0 bridgehead atoms. The molecule has 0 saturated heterocycles. The number of benzene rings is 1. The van der Waals surface area contributed by atoms with Crippen LogP contribution in [0.2, 0.25) is 0 Å². The van der Waals surface area contributed by atoms with Crippen molar-refractivity contribution in [2.24, 2.45) is 0 Å². The number of hydrogen-bond donors (Lipinski definition) is 1. The quantitative estimate of drug-likeness (QED) is 0.780. The van der Waals surface area contributed by atoms with E-state index in [0.29, 0.717) is 11.6 Å². The average Bonchev–Trinajstić information content (AvgIpc) is 2.99. The van der Waals surface area contributed by atoms with E-state index < -0.39 is 0 Å². The predicted molar refractivity (Wildman–Crippen MR) is 118 cm³/mol. The second kappa shape index (κ2) is 8.85. The number of carbonyl (C=O) groups excluding carboxylic acids is 2. The van der Waals surface area contributed by atoms with Gasteiger partial charge in [0, 0.05) is 30.2 Å². The molecule has 1 aromatic carbocycles. The summed E-state index contributed by atoms with van der Waals surface area (Å²) in [5.74, 6) is -0.281. The molecule has 0 radical (unpaired) electrons. The van der Waals surface area contributed by atoms with E-state index in [0.717, 1.165) is 28.2 Å². The first-order valence-electron chi connectivity index (χ1n) is 10.6. The summed E-state index contributed by atoms with van der Waals surface area (Å²) < 4.78 is 2.33. The van der Waals surface area contributed by atoms with Crippen molar-refractivity contribution in [2.45, 2.75) is 65.8 Å². The van der Waals surface area contributed by atoms with Gasteiger partial charge >= 0.3 is 0 Å². The molecule has 2 aromatic rings. The Labute approximate surface area is 174 Å². The average molecular weight is 396 g/mol. The number of aromatic nitrogens is 1. The molecule has 29 heavy (non-hydrogen) atoms. The third-order valence-corrected chi connectivity index (χ3v) is 6.13. The smallest absolute Gasteiger partial charge is 0.255 e. The number of aryl methyl sites for hydroxylation is 3. The van der Waals surface area contributed by atoms with Gasteiger partial charge in [0.1, 0.15) is 0 Å². The molecule has 1 heterocycles. The van der Waals surface area contributed by atoms with Crippen molar-refractivity contribution in [3.05, 3.63) is 52.3 Å². The topological polar surface area (TPSA) is 54.3 Å². The van der Waals surface area contributed by atoms with Gasteiger partial charge in [-0.2, -0.15) is 0 Å². The van der Waals surface area contributed by atoms with Crippen LogP contribution in [0.15, 0.2) is 24.3 Å². The second-order valence-electron chi connectivity index (χ2n) is 8.42. The van der Waals surface area contributed by atoms with Gasteiger partial charge in [-0.25, -0.2) is 0 Å². The molecule has 0 aliphatic heterocycles. The summed E-state index contributed by atoms with van der Waals surface area (Å²) in [5, 5.41) is 2.96. The highest BCUT2D eigenvalue weighted by molar-refractivity contribution is 6.00. The van der Waals surface area contributed by atoms with E-state index >= 15 is 0 Å². The van der Waals surface area contributed by atoms with E-state index in [4.69, 9.17) is 0 Å². The molecule has 0 atom stereocenters. The van der Waals surface area contributed by atoms with Crippen LogP contribution in [0.3, 0.4) is 0 Å². The minimum absolute atomic E-state index is 0.0275. The van der Waals surface area contributed by atoms with E-state index in [-0.39, 0.29) is 18.4 Å². The molecule has 0 spiro atoms. The number of likely N-dealkylation sites (N-methyl/N-ethyl adjacent to an activating group) is 1. The van der Waals surface area contributed by atoms with Crippen molar-refractivity contribution in [3.63, 3.8) is 0 Å². The van der Waals surface area contributed by atoms with Crippen LogP contribution in [0.25, 0.3) is 0 Å². The van der Waals surface area contributed by atoms with Crippen molar-refractivity contribution < 1.29 is 9.59 Å². The molecule has 0 unspecified atom stereocenters. The highest BCUT2D eigenvalue weighted by Crippen LogP contribution is 2.32. The van der Waals surface area contributed by atoms with Crippen molar-refractivity contribution in [1.82, 2.24) is 9.47 Å². The molecule has 5 nitrogen and oxygen atoms in total. The van der Waals surface area contributed by atoms with Gasteiger partial charge < -0.3 is 14.8 Å². The Morgan fingerprint density at radius 1 is 1.07 bits per heavy atom. The van der Waals surface area contributed by atoms with Crippen LogP contribution in [0.1, 0.15) is 71.0 Å². The number of rotatable bonds is 5. The fourth-order valence-corrected chi connectivity index (χ4v) is 4.58. The molecular weight excluding hydrogens is 362 g/mol. The van der Waals surface area contributed by atoms with Gasteiger partial charge in [-0.15, -0.1) is 0 Å². The normalized spacial score (nSPS) is 14.7. The maximum atomic E-state index is 13.1. The Morgan fingerprint density at radius 2 is 1.69 bits per heavy atom. The maximum absolute atomic E-state index is 13.1. The first-order chi connectivity index (χ1) is 13.8. The third kappa shape index (κ3) is 4.55. The van der Waals surface area contributed by atoms with Crippen molar-refractivity contribution in [3.8, 4) is 0 Å². The molecule has 1 N–H and O–H groups in total. The first-order valence-corrected chi connectivity index (χ1v) is 10.6. The van der Waals surface area contributed by atoms with Crippen LogP contribution in [0.5, 0.6) is 0 Å². The first kappa shape index (κ1) is 21.2. The molecule has 1 aliphatic carbocycles. The van der Waals surface area contributed by atoms with Gasteiger partial charge in [0.05, 0.1) is 12.1 Å². The number of amides is 2. The second-order valence-corrected chi connectivity index (χ2v) is 8.42. The lowest BCUT2D eigenvalue weighted by Gasteiger charge is -2.26. The summed E-state index contributed by atoms with van der Waals surface area (Å²) in [4.78, 5) is 27.1. The monoisotopic (exact) mass is 395 g/mol. The summed E-state index contributed by atoms with van der Waals surface area (Å²) in [6.45, 7) is 8.07. The van der Waals surface area contributed by atoms with E-state index in [2.05, 4.69) is 16.8 Å². The predicted octanol–water partition coefficient (Wildman–Crippen LogP) is 4.94. The number of anilines is 1. The van der Waals surface area contributed by atoms with E-state index in [1.165, 1.54) is 37.0 Å². The molecule has 5 heteroatoms. The van der Waals surface area contributed by atoms with E-state index in [9.17, 15) is 9.59 Å². The van der Waals surface area contributed by atoms with Crippen LogP contribution >= 0.6 is 0 Å². The Bertz CT molecular complexity index is 887. The lowest BCUT2D eigenvalue weighted by atomic mass is 9.95. The Balaban J connectivity index is 1.71. The number of para-hydroxylation sites is 1. The zero-order chi connectivity index (χ0) is 21.1. The summed E-state index contributed by atoms with van der Waals surface area (Å²) in [5.41, 5.74) is 5.71. The van der Waals surface area contributed by atoms with Gasteiger partial charge in [-0.3, -0.25) is 9.59 Å². The van der Waals surface area contributed by atoms with Crippen molar-refractivity contribution in [2.75, 3.05) is 18.9 Å². The summed E-state index contributed by atoms with van der Waals surface area (Å²) in [6, 6.07) is 8.38. The Morgan fingerprint density at radius 3 is 2.31 bits per heavy atom. The van der Waals surface area contributed by atoms with Crippen LogP contribution in [0.4, 0.5) is 5.69 Å². The van der Waals surface area contributed by atoms with Crippen LogP contribution in [-0.2, 0) is 4.79 Å². The molecule has 3 rings (SSSR count).